The van der Waals surface area contributed by atoms with Gasteiger partial charge >= 0.3 is 0 Å². The number of nitrogens with one attached hydrogen (secondary N) is 1. The SMILES string of the molecule is CNCCCc1cc(C)nn1C. The van der Waals surface area contributed by atoms with Gasteiger partial charge in [-0.25, -0.2) is 0 Å². The van der Waals surface area contributed by atoms with Crippen molar-refractivity contribution < 1.29 is 0 Å². The molecule has 0 atom stereocenters. The van der Waals surface area contributed by atoms with Gasteiger partial charge in [0, 0.05) is 12.7 Å². The maximum atomic E-state index is 4.29. The fourth-order valence-corrected chi connectivity index (χ4v) is 1.34. The van der Waals surface area contributed by atoms with Gasteiger partial charge in [-0.2, -0.15) is 5.10 Å². The molecule has 12 heavy (non-hydrogen) atoms. The molecule has 0 bridgehead atoms. The normalized spacial score (nSPS) is 10.6. The van der Waals surface area contributed by atoms with Crippen molar-refractivity contribution in [3.8, 4) is 0 Å². The molecule has 1 rings (SSSR count). The van der Waals surface area contributed by atoms with Crippen molar-refractivity contribution in [1.82, 2.24) is 15.1 Å². The predicted octanol–water partition coefficient (Wildman–Crippen LogP) is 0.881. The van der Waals surface area contributed by atoms with E-state index in [1.54, 1.807) is 0 Å². The van der Waals surface area contributed by atoms with Crippen molar-refractivity contribution in [3.63, 3.8) is 0 Å². The van der Waals surface area contributed by atoms with Gasteiger partial charge in [-0.15, -0.1) is 0 Å². The van der Waals surface area contributed by atoms with Crippen LogP contribution in [0.3, 0.4) is 0 Å². The first-order valence-corrected chi connectivity index (χ1v) is 4.38. The van der Waals surface area contributed by atoms with E-state index in [1.165, 1.54) is 12.1 Å². The minimum atomic E-state index is 1.07. The van der Waals surface area contributed by atoms with Gasteiger partial charge < -0.3 is 5.32 Å². The van der Waals surface area contributed by atoms with Crippen LogP contribution in [-0.2, 0) is 13.5 Å². The van der Waals surface area contributed by atoms with Crippen molar-refractivity contribution in [2.24, 2.45) is 7.05 Å². The first-order chi connectivity index (χ1) is 5.74. The van der Waals surface area contributed by atoms with E-state index in [0.29, 0.717) is 0 Å². The number of aromatic nitrogens is 2. The monoisotopic (exact) mass is 167 g/mol. The van der Waals surface area contributed by atoms with E-state index in [0.717, 1.165) is 18.7 Å². The Morgan fingerprint density at radius 3 is 2.83 bits per heavy atom. The van der Waals surface area contributed by atoms with Crippen LogP contribution in [-0.4, -0.2) is 23.4 Å². The molecule has 3 heteroatoms. The third-order valence-corrected chi connectivity index (χ3v) is 1.96. The molecule has 0 fully saturated rings. The number of hydrogen-bond acceptors (Lipinski definition) is 2. The van der Waals surface area contributed by atoms with Crippen molar-refractivity contribution in [2.75, 3.05) is 13.6 Å². The van der Waals surface area contributed by atoms with E-state index in [2.05, 4.69) is 16.5 Å². The summed E-state index contributed by atoms with van der Waals surface area (Å²) in [5, 5.41) is 7.42. The highest BCUT2D eigenvalue weighted by Crippen LogP contribution is 2.03. The minimum absolute atomic E-state index is 1.07. The average Bonchev–Trinajstić information content (AvgIpc) is 2.31. The fraction of sp³-hybridized carbons (Fsp3) is 0.667. The zero-order valence-corrected chi connectivity index (χ0v) is 8.09. The van der Waals surface area contributed by atoms with E-state index in [1.807, 2.05) is 25.7 Å². The molecule has 0 saturated heterocycles. The fourth-order valence-electron chi connectivity index (χ4n) is 1.34. The molecule has 0 spiro atoms. The van der Waals surface area contributed by atoms with Crippen LogP contribution in [0.5, 0.6) is 0 Å². The van der Waals surface area contributed by atoms with Gasteiger partial charge in [-0.1, -0.05) is 0 Å². The molecule has 0 aliphatic carbocycles. The lowest BCUT2D eigenvalue weighted by Crippen LogP contribution is -2.09. The van der Waals surface area contributed by atoms with Crippen molar-refractivity contribution in [2.45, 2.75) is 19.8 Å². The molecule has 1 aromatic rings. The molecule has 1 heterocycles. The second-order valence-corrected chi connectivity index (χ2v) is 3.11. The molecular weight excluding hydrogens is 150 g/mol. The number of hydrogen-bond donors (Lipinski definition) is 1. The molecule has 1 aromatic heterocycles. The molecule has 68 valence electrons. The summed E-state index contributed by atoms with van der Waals surface area (Å²) in [6, 6.07) is 2.15. The summed E-state index contributed by atoms with van der Waals surface area (Å²) in [7, 11) is 3.98. The summed E-state index contributed by atoms with van der Waals surface area (Å²) < 4.78 is 1.96. The van der Waals surface area contributed by atoms with Gasteiger partial charge in [-0.05, 0) is 39.4 Å². The topological polar surface area (TPSA) is 29.9 Å². The highest BCUT2D eigenvalue weighted by atomic mass is 15.3. The minimum Gasteiger partial charge on any atom is -0.320 e. The molecule has 0 saturated carbocycles. The first kappa shape index (κ1) is 9.26. The van der Waals surface area contributed by atoms with Gasteiger partial charge in [0.2, 0.25) is 0 Å². The summed E-state index contributed by atoms with van der Waals surface area (Å²) in [5.74, 6) is 0. The van der Waals surface area contributed by atoms with Crippen LogP contribution in [0, 0.1) is 6.92 Å². The van der Waals surface area contributed by atoms with E-state index >= 15 is 0 Å². The summed E-state index contributed by atoms with van der Waals surface area (Å²) in [6.07, 6.45) is 2.29. The van der Waals surface area contributed by atoms with Crippen LogP contribution < -0.4 is 5.32 Å². The number of aryl methyl sites for hydroxylation is 3. The third-order valence-electron chi connectivity index (χ3n) is 1.96. The van der Waals surface area contributed by atoms with Crippen LogP contribution in [0.4, 0.5) is 0 Å². The zero-order valence-electron chi connectivity index (χ0n) is 8.09. The van der Waals surface area contributed by atoms with Crippen LogP contribution in [0.25, 0.3) is 0 Å². The smallest absolute Gasteiger partial charge is 0.0596 e. The standard InChI is InChI=1S/C9H17N3/c1-8-7-9(12(3)11-8)5-4-6-10-2/h7,10H,4-6H2,1-3H3. The van der Waals surface area contributed by atoms with Crippen LogP contribution in [0.1, 0.15) is 17.8 Å². The quantitative estimate of drug-likeness (QED) is 0.675. The van der Waals surface area contributed by atoms with Crippen molar-refractivity contribution >= 4 is 0 Å². The van der Waals surface area contributed by atoms with Gasteiger partial charge in [0.25, 0.3) is 0 Å². The molecule has 0 aliphatic rings. The average molecular weight is 167 g/mol. The molecular formula is C9H17N3. The summed E-state index contributed by atoms with van der Waals surface area (Å²) >= 11 is 0. The Kier molecular flexibility index (Phi) is 3.29. The second kappa shape index (κ2) is 4.26. The van der Waals surface area contributed by atoms with Gasteiger partial charge in [-0.3, -0.25) is 4.68 Å². The van der Waals surface area contributed by atoms with Crippen molar-refractivity contribution in [1.29, 1.82) is 0 Å². The maximum Gasteiger partial charge on any atom is 0.0596 e. The molecule has 0 radical (unpaired) electrons. The Balaban J connectivity index is 2.45. The third kappa shape index (κ3) is 2.34. The molecule has 3 nitrogen and oxygen atoms in total. The maximum absolute atomic E-state index is 4.29. The molecule has 0 aromatic carbocycles. The molecule has 1 N–H and O–H groups in total. The summed E-state index contributed by atoms with van der Waals surface area (Å²) in [5.41, 5.74) is 2.43. The lowest BCUT2D eigenvalue weighted by atomic mass is 10.2. The summed E-state index contributed by atoms with van der Waals surface area (Å²) in [4.78, 5) is 0. The van der Waals surface area contributed by atoms with E-state index < -0.39 is 0 Å². The van der Waals surface area contributed by atoms with E-state index in [9.17, 15) is 0 Å². The number of rotatable bonds is 4. The zero-order chi connectivity index (χ0) is 8.97. The van der Waals surface area contributed by atoms with Crippen LogP contribution >= 0.6 is 0 Å². The van der Waals surface area contributed by atoms with Gasteiger partial charge in [0.05, 0.1) is 5.69 Å². The largest absolute Gasteiger partial charge is 0.320 e. The number of nitrogens with zero attached hydrogens (tertiary/aromatic N) is 2. The summed E-state index contributed by atoms with van der Waals surface area (Å²) in [6.45, 7) is 3.10. The first-order valence-electron chi connectivity index (χ1n) is 4.38. The molecule has 0 unspecified atom stereocenters. The van der Waals surface area contributed by atoms with Gasteiger partial charge in [0.1, 0.15) is 0 Å². The lowest BCUT2D eigenvalue weighted by Gasteiger charge is -2.00. The van der Waals surface area contributed by atoms with E-state index in [-0.39, 0.29) is 0 Å². The van der Waals surface area contributed by atoms with E-state index in [4.69, 9.17) is 0 Å². The Bertz CT molecular complexity index is 240. The Morgan fingerprint density at radius 2 is 2.33 bits per heavy atom. The Morgan fingerprint density at radius 1 is 1.58 bits per heavy atom. The predicted molar refractivity (Wildman–Crippen MR) is 50.2 cm³/mol. The second-order valence-electron chi connectivity index (χ2n) is 3.11. The van der Waals surface area contributed by atoms with Crippen LogP contribution in [0.15, 0.2) is 6.07 Å². The molecule has 0 amide bonds. The lowest BCUT2D eigenvalue weighted by molar-refractivity contribution is 0.657. The van der Waals surface area contributed by atoms with Crippen LogP contribution in [0.2, 0.25) is 0 Å². The molecule has 0 aliphatic heterocycles. The van der Waals surface area contributed by atoms with Crippen molar-refractivity contribution in [3.05, 3.63) is 17.5 Å². The highest BCUT2D eigenvalue weighted by Gasteiger charge is 2.00. The Labute approximate surface area is 73.8 Å². The Hall–Kier alpha value is -0.830. The highest BCUT2D eigenvalue weighted by molar-refractivity contribution is 5.08. The van der Waals surface area contributed by atoms with Gasteiger partial charge in [0.15, 0.2) is 0 Å².